The molecule has 0 amide bonds. The molecular formula is C15H16N4O. The van der Waals surface area contributed by atoms with E-state index in [0.29, 0.717) is 18.2 Å². The normalized spacial score (nSPS) is 28.9. The van der Waals surface area contributed by atoms with Crippen molar-refractivity contribution in [3.63, 3.8) is 0 Å². The molecule has 102 valence electrons. The van der Waals surface area contributed by atoms with Gasteiger partial charge in [0.1, 0.15) is 17.0 Å². The van der Waals surface area contributed by atoms with Crippen LogP contribution < -0.4 is 0 Å². The highest BCUT2D eigenvalue weighted by molar-refractivity contribution is 6.01. The van der Waals surface area contributed by atoms with Crippen LogP contribution in [0.3, 0.4) is 0 Å². The van der Waals surface area contributed by atoms with E-state index in [1.165, 1.54) is 18.4 Å². The van der Waals surface area contributed by atoms with E-state index < -0.39 is 0 Å². The van der Waals surface area contributed by atoms with E-state index in [2.05, 4.69) is 27.5 Å². The molecule has 0 spiro atoms. The predicted octanol–water partition coefficient (Wildman–Crippen LogP) is 2.71. The van der Waals surface area contributed by atoms with Crippen molar-refractivity contribution >= 4 is 22.1 Å². The zero-order valence-corrected chi connectivity index (χ0v) is 11.3. The largest absolute Gasteiger partial charge is 0.373 e. The summed E-state index contributed by atoms with van der Waals surface area (Å²) in [6, 6.07) is 2.52. The average Bonchev–Trinajstić information content (AvgIpc) is 3.19. The fourth-order valence-corrected chi connectivity index (χ4v) is 4.00. The van der Waals surface area contributed by atoms with Crippen molar-refractivity contribution in [3.05, 3.63) is 24.3 Å². The first-order valence-corrected chi connectivity index (χ1v) is 7.27. The van der Waals surface area contributed by atoms with Crippen molar-refractivity contribution in [2.24, 2.45) is 0 Å². The van der Waals surface area contributed by atoms with E-state index in [0.717, 1.165) is 28.8 Å². The number of aromatic amines is 1. The first-order valence-electron chi connectivity index (χ1n) is 7.27. The summed E-state index contributed by atoms with van der Waals surface area (Å²) in [6.45, 7) is 2.09. The Kier molecular flexibility index (Phi) is 1.96. The van der Waals surface area contributed by atoms with Crippen LogP contribution in [0.5, 0.6) is 0 Å². The topological polar surface area (TPSA) is 55.7 Å². The van der Waals surface area contributed by atoms with Crippen LogP contribution in [0.4, 0.5) is 0 Å². The minimum absolute atomic E-state index is 0.359. The van der Waals surface area contributed by atoms with Crippen molar-refractivity contribution in [3.8, 4) is 0 Å². The van der Waals surface area contributed by atoms with E-state index in [9.17, 15) is 0 Å². The number of imidazole rings is 1. The van der Waals surface area contributed by atoms with Gasteiger partial charge in [0.2, 0.25) is 0 Å². The zero-order chi connectivity index (χ0) is 13.3. The Hall–Kier alpha value is -1.88. The van der Waals surface area contributed by atoms with Gasteiger partial charge in [0.15, 0.2) is 0 Å². The Morgan fingerprint density at radius 1 is 1.40 bits per heavy atom. The predicted molar refractivity (Wildman–Crippen MR) is 75.7 cm³/mol. The Morgan fingerprint density at radius 3 is 3.15 bits per heavy atom. The number of hydrogen-bond acceptors (Lipinski definition) is 3. The summed E-state index contributed by atoms with van der Waals surface area (Å²) < 4.78 is 8.42. The standard InChI is InChI=1S/C15H16N4O/c1-8-18-11-7-17-15-10(4-5-16-15)14(11)19(8)12-6-9-2-3-13(12)20-9/h4-5,7,9,12-13H,2-3,6H2,1H3,(H,16,17). The highest BCUT2D eigenvalue weighted by Gasteiger charge is 2.42. The second kappa shape index (κ2) is 3.61. The van der Waals surface area contributed by atoms with Gasteiger partial charge in [0.05, 0.1) is 30.0 Å². The van der Waals surface area contributed by atoms with Crippen molar-refractivity contribution < 1.29 is 4.74 Å². The smallest absolute Gasteiger partial charge is 0.139 e. The monoisotopic (exact) mass is 268 g/mol. The number of pyridine rings is 1. The number of rotatable bonds is 1. The van der Waals surface area contributed by atoms with Gasteiger partial charge in [-0.25, -0.2) is 9.97 Å². The van der Waals surface area contributed by atoms with Gasteiger partial charge in [0.25, 0.3) is 0 Å². The molecule has 1 N–H and O–H groups in total. The minimum atomic E-state index is 0.359. The van der Waals surface area contributed by atoms with Crippen molar-refractivity contribution in [2.45, 2.75) is 44.4 Å². The number of ether oxygens (including phenoxy) is 1. The van der Waals surface area contributed by atoms with Gasteiger partial charge < -0.3 is 14.3 Å². The Morgan fingerprint density at radius 2 is 2.35 bits per heavy atom. The third kappa shape index (κ3) is 1.26. The third-order valence-corrected chi connectivity index (χ3v) is 4.82. The summed E-state index contributed by atoms with van der Waals surface area (Å²) in [7, 11) is 0. The van der Waals surface area contributed by atoms with E-state index in [1.807, 2.05) is 12.4 Å². The number of H-pyrrole nitrogens is 1. The second-order valence-corrected chi connectivity index (χ2v) is 5.94. The lowest BCUT2D eigenvalue weighted by molar-refractivity contribution is 0.0941. The molecule has 2 fully saturated rings. The molecule has 3 atom stereocenters. The maximum Gasteiger partial charge on any atom is 0.139 e. The second-order valence-electron chi connectivity index (χ2n) is 5.94. The number of aryl methyl sites for hydroxylation is 1. The maximum atomic E-state index is 6.03. The van der Waals surface area contributed by atoms with Crippen LogP contribution in [-0.2, 0) is 4.74 Å². The van der Waals surface area contributed by atoms with Gasteiger partial charge in [-0.1, -0.05) is 0 Å². The Balaban J connectivity index is 1.82. The minimum Gasteiger partial charge on any atom is -0.373 e. The van der Waals surface area contributed by atoms with Crippen LogP contribution >= 0.6 is 0 Å². The van der Waals surface area contributed by atoms with E-state index >= 15 is 0 Å². The molecule has 5 heteroatoms. The fourth-order valence-electron chi connectivity index (χ4n) is 4.00. The molecule has 2 bridgehead atoms. The molecule has 20 heavy (non-hydrogen) atoms. The lowest BCUT2D eigenvalue weighted by atomic mass is 9.95. The van der Waals surface area contributed by atoms with Gasteiger partial charge in [-0.15, -0.1) is 0 Å². The van der Waals surface area contributed by atoms with Gasteiger partial charge >= 0.3 is 0 Å². The summed E-state index contributed by atoms with van der Waals surface area (Å²) >= 11 is 0. The summed E-state index contributed by atoms with van der Waals surface area (Å²) in [6.07, 6.45) is 8.13. The zero-order valence-electron chi connectivity index (χ0n) is 11.3. The number of nitrogens with zero attached hydrogens (tertiary/aromatic N) is 3. The molecule has 2 saturated heterocycles. The first-order chi connectivity index (χ1) is 9.81. The molecule has 0 saturated carbocycles. The van der Waals surface area contributed by atoms with Crippen molar-refractivity contribution in [2.75, 3.05) is 0 Å². The maximum absolute atomic E-state index is 6.03. The molecule has 0 aliphatic carbocycles. The molecule has 3 aromatic rings. The third-order valence-electron chi connectivity index (χ3n) is 4.82. The molecular weight excluding hydrogens is 252 g/mol. The molecule has 0 aromatic carbocycles. The Labute approximate surface area is 116 Å². The first kappa shape index (κ1) is 10.9. The van der Waals surface area contributed by atoms with Crippen LogP contribution in [0, 0.1) is 6.92 Å². The van der Waals surface area contributed by atoms with E-state index in [1.54, 1.807) is 0 Å². The van der Waals surface area contributed by atoms with Crippen LogP contribution in [0.2, 0.25) is 0 Å². The summed E-state index contributed by atoms with van der Waals surface area (Å²) in [5.74, 6) is 1.07. The van der Waals surface area contributed by atoms with E-state index in [4.69, 9.17) is 9.72 Å². The van der Waals surface area contributed by atoms with Gasteiger partial charge in [-0.05, 0) is 32.3 Å². The van der Waals surface area contributed by atoms with Crippen molar-refractivity contribution in [1.82, 2.24) is 19.5 Å². The molecule has 2 aliphatic heterocycles. The highest BCUT2D eigenvalue weighted by Crippen LogP contribution is 2.43. The lowest BCUT2D eigenvalue weighted by Gasteiger charge is -2.22. The van der Waals surface area contributed by atoms with Crippen LogP contribution in [0.25, 0.3) is 22.1 Å². The molecule has 3 unspecified atom stereocenters. The number of nitrogens with one attached hydrogen (secondary N) is 1. The molecule has 5 rings (SSSR count). The molecule has 0 radical (unpaired) electrons. The molecule has 5 heterocycles. The molecule has 3 aromatic heterocycles. The number of aromatic nitrogens is 4. The number of hydrogen-bond donors (Lipinski definition) is 1. The Bertz CT molecular complexity index is 818. The van der Waals surface area contributed by atoms with Crippen LogP contribution in [0.1, 0.15) is 31.1 Å². The van der Waals surface area contributed by atoms with Crippen molar-refractivity contribution in [1.29, 1.82) is 0 Å². The highest BCUT2D eigenvalue weighted by atomic mass is 16.5. The van der Waals surface area contributed by atoms with Gasteiger partial charge in [-0.3, -0.25) is 0 Å². The fraction of sp³-hybridized carbons (Fsp3) is 0.467. The molecule has 2 aliphatic rings. The summed E-state index contributed by atoms with van der Waals surface area (Å²) in [5, 5.41) is 1.16. The summed E-state index contributed by atoms with van der Waals surface area (Å²) in [5.41, 5.74) is 3.12. The average molecular weight is 268 g/mol. The van der Waals surface area contributed by atoms with Crippen LogP contribution in [0.15, 0.2) is 18.5 Å². The quantitative estimate of drug-likeness (QED) is 0.738. The SMILES string of the molecule is Cc1nc2cnc3[nH]ccc3c2n1C1CC2CCC1O2. The lowest BCUT2D eigenvalue weighted by Crippen LogP contribution is -2.21. The van der Waals surface area contributed by atoms with Gasteiger partial charge in [-0.2, -0.15) is 0 Å². The number of fused-ring (bicyclic) bond motifs is 5. The van der Waals surface area contributed by atoms with E-state index in [-0.39, 0.29) is 0 Å². The summed E-state index contributed by atoms with van der Waals surface area (Å²) in [4.78, 5) is 12.3. The van der Waals surface area contributed by atoms with Gasteiger partial charge in [0, 0.05) is 11.6 Å². The molecule has 5 nitrogen and oxygen atoms in total. The van der Waals surface area contributed by atoms with Crippen LogP contribution in [-0.4, -0.2) is 31.7 Å².